The van der Waals surface area contributed by atoms with Crippen molar-refractivity contribution in [1.82, 2.24) is 5.32 Å². The molecule has 0 fully saturated rings. The summed E-state index contributed by atoms with van der Waals surface area (Å²) in [4.78, 5) is 23.4. The van der Waals surface area contributed by atoms with E-state index in [9.17, 15) is 14.0 Å². The molecule has 158 valence electrons. The zero-order valence-corrected chi connectivity index (χ0v) is 17.3. The van der Waals surface area contributed by atoms with E-state index in [-0.39, 0.29) is 24.9 Å². The maximum atomic E-state index is 14.6. The molecule has 2 N–H and O–H groups in total. The quantitative estimate of drug-likeness (QED) is 0.628. The normalized spacial score (nSPS) is 11.0. The van der Waals surface area contributed by atoms with E-state index in [2.05, 4.69) is 5.32 Å². The summed E-state index contributed by atoms with van der Waals surface area (Å²) in [5.74, 6) is -0.606. The molecule has 0 heterocycles. The number of benzene rings is 2. The Morgan fingerprint density at radius 1 is 1.24 bits per heavy atom. The van der Waals surface area contributed by atoms with Gasteiger partial charge in [0.2, 0.25) is 5.91 Å². The highest BCUT2D eigenvalue weighted by Crippen LogP contribution is 2.27. The third-order valence-electron chi connectivity index (χ3n) is 4.15. The molecule has 1 atom stereocenters. The minimum Gasteiger partial charge on any atom is -0.461 e. The van der Waals surface area contributed by atoms with Crippen molar-refractivity contribution >= 4 is 18.1 Å². The average Bonchev–Trinajstić information content (AvgIpc) is 2.73. The molecule has 29 heavy (non-hydrogen) atoms. The summed E-state index contributed by atoms with van der Waals surface area (Å²) in [7, 11) is 1.75. The van der Waals surface area contributed by atoms with Gasteiger partial charge in [0, 0.05) is 25.2 Å². The number of likely N-dealkylation sites (N-methyl/N-ethyl adjacent to an activating group) is 1. The number of rotatable bonds is 9. The molecule has 0 aliphatic rings. The molecule has 0 saturated heterocycles. The Balaban J connectivity index is 0.00000204. The van der Waals surface area contributed by atoms with Crippen molar-refractivity contribution < 1.29 is 23.8 Å². The van der Waals surface area contributed by atoms with Gasteiger partial charge in [-0.25, -0.2) is 4.39 Å². The van der Waals surface area contributed by atoms with Crippen molar-refractivity contribution in [1.29, 1.82) is 0 Å². The molecule has 0 aliphatic heterocycles. The van der Waals surface area contributed by atoms with Crippen LogP contribution in [0.1, 0.15) is 26.3 Å². The molecule has 2 rings (SSSR count). The number of carbonyl (C=O) groups is 2. The summed E-state index contributed by atoms with van der Waals surface area (Å²) < 4.78 is 19.6. The van der Waals surface area contributed by atoms with Gasteiger partial charge in [-0.15, -0.1) is 0 Å². The van der Waals surface area contributed by atoms with Gasteiger partial charge in [0.15, 0.2) is 0 Å². The largest absolute Gasteiger partial charge is 0.461 e. The van der Waals surface area contributed by atoms with E-state index in [1.165, 1.54) is 13.0 Å². The van der Waals surface area contributed by atoms with Crippen molar-refractivity contribution in [2.75, 3.05) is 25.0 Å². The number of nitrogens with zero attached hydrogens (tertiary/aromatic N) is 1. The molecule has 0 saturated carbocycles. The zero-order chi connectivity index (χ0) is 21.8. The Morgan fingerprint density at radius 3 is 2.41 bits per heavy atom. The highest BCUT2D eigenvalue weighted by molar-refractivity contribution is 5.72. The van der Waals surface area contributed by atoms with Crippen LogP contribution in [0, 0.1) is 5.82 Å². The average molecular weight is 404 g/mol. The molecule has 2 aromatic rings. The molecule has 0 aliphatic carbocycles. The van der Waals surface area contributed by atoms with Crippen LogP contribution in [-0.4, -0.2) is 43.7 Å². The van der Waals surface area contributed by atoms with Crippen molar-refractivity contribution in [2.45, 2.75) is 33.5 Å². The lowest BCUT2D eigenvalue weighted by molar-refractivity contribution is -0.134. The van der Waals surface area contributed by atoms with E-state index >= 15 is 0 Å². The molecular formula is C22H29FN2O4. The van der Waals surface area contributed by atoms with Gasteiger partial charge in [0.25, 0.3) is 6.47 Å². The lowest BCUT2D eigenvalue weighted by Crippen LogP contribution is -2.39. The number of hydrogen-bond acceptors (Lipinski definition) is 5. The second kappa shape index (κ2) is 12.5. The first kappa shape index (κ1) is 24.1. The number of amides is 1. The van der Waals surface area contributed by atoms with Crippen molar-refractivity contribution in [3.05, 3.63) is 53.8 Å². The minimum atomic E-state index is -0.551. The molecule has 0 bridgehead atoms. The maximum Gasteiger partial charge on any atom is 0.293 e. The summed E-state index contributed by atoms with van der Waals surface area (Å²) in [6, 6.07) is 11.9. The van der Waals surface area contributed by atoms with Gasteiger partial charge in [-0.05, 0) is 29.3 Å². The van der Waals surface area contributed by atoms with Crippen LogP contribution in [0.3, 0.4) is 0 Å². The fourth-order valence-electron chi connectivity index (χ4n) is 2.67. The molecule has 0 aromatic heterocycles. The van der Waals surface area contributed by atoms with Crippen molar-refractivity contribution in [3.8, 4) is 11.1 Å². The second-order valence-electron chi connectivity index (χ2n) is 6.19. The zero-order valence-electron chi connectivity index (χ0n) is 17.3. The number of nitrogens with one attached hydrogen (secondary N) is 1. The van der Waals surface area contributed by atoms with Gasteiger partial charge < -0.3 is 20.1 Å². The number of halogens is 1. The van der Waals surface area contributed by atoms with Gasteiger partial charge in [0.1, 0.15) is 11.9 Å². The Labute approximate surface area is 171 Å². The third-order valence-corrected chi connectivity index (χ3v) is 4.15. The Hall–Kier alpha value is -2.93. The van der Waals surface area contributed by atoms with Crippen LogP contribution in [-0.2, 0) is 20.9 Å². The molecule has 1 unspecified atom stereocenters. The standard InChI is InChI=1S/C20H23FN2O4.C2H6/c1-14(26)22-10-18(27-13-25)11-23(2)17-7-8-19(20(21)9-17)16-5-3-15(12-24)4-6-16;1-2/h3-9,13,18,24H,10-12H2,1-2H3,(H,22,26);1-2H3. The van der Waals surface area contributed by atoms with Crippen LogP contribution in [0.5, 0.6) is 0 Å². The number of aliphatic hydroxyl groups excluding tert-OH is 1. The van der Waals surface area contributed by atoms with E-state index in [4.69, 9.17) is 9.84 Å². The molecule has 1 amide bonds. The number of carbonyl (C=O) groups excluding carboxylic acids is 2. The highest BCUT2D eigenvalue weighted by Gasteiger charge is 2.15. The van der Waals surface area contributed by atoms with Gasteiger partial charge >= 0.3 is 0 Å². The Bertz CT molecular complexity index is 781. The number of ether oxygens (including phenoxy) is 1. The predicted molar refractivity (Wildman–Crippen MR) is 112 cm³/mol. The highest BCUT2D eigenvalue weighted by atomic mass is 19.1. The first-order valence-corrected chi connectivity index (χ1v) is 9.49. The second-order valence-corrected chi connectivity index (χ2v) is 6.19. The molecule has 7 heteroatoms. The molecule has 0 radical (unpaired) electrons. The third kappa shape index (κ3) is 7.54. The smallest absolute Gasteiger partial charge is 0.293 e. The number of hydrogen-bond donors (Lipinski definition) is 2. The van der Waals surface area contributed by atoms with Gasteiger partial charge in [0.05, 0.1) is 19.7 Å². The fourth-order valence-corrected chi connectivity index (χ4v) is 2.67. The first-order chi connectivity index (χ1) is 13.9. The van der Waals surface area contributed by atoms with Gasteiger partial charge in [-0.3, -0.25) is 9.59 Å². The summed E-state index contributed by atoms with van der Waals surface area (Å²) in [6.45, 7) is 6.12. The maximum absolute atomic E-state index is 14.6. The number of aliphatic hydroxyl groups is 1. The molecule has 0 spiro atoms. The monoisotopic (exact) mass is 404 g/mol. The summed E-state index contributed by atoms with van der Waals surface area (Å²) >= 11 is 0. The SMILES string of the molecule is CC.CC(=O)NCC(CN(C)c1ccc(-c2ccc(CO)cc2)c(F)c1)OC=O. The molecule has 2 aromatic carbocycles. The van der Waals surface area contributed by atoms with Crippen molar-refractivity contribution in [2.24, 2.45) is 0 Å². The van der Waals surface area contributed by atoms with Crippen molar-refractivity contribution in [3.63, 3.8) is 0 Å². The fraction of sp³-hybridized carbons (Fsp3) is 0.364. The summed E-state index contributed by atoms with van der Waals surface area (Å²) in [6.07, 6.45) is -0.551. The minimum absolute atomic E-state index is 0.0605. The van der Waals surface area contributed by atoms with E-state index in [0.29, 0.717) is 29.8 Å². The first-order valence-electron chi connectivity index (χ1n) is 9.49. The number of anilines is 1. The topological polar surface area (TPSA) is 78.9 Å². The Kier molecular flexibility index (Phi) is 10.4. The van der Waals surface area contributed by atoms with E-state index in [1.54, 1.807) is 48.3 Å². The van der Waals surface area contributed by atoms with E-state index in [1.807, 2.05) is 13.8 Å². The molecule has 6 nitrogen and oxygen atoms in total. The van der Waals surface area contributed by atoms with Crippen LogP contribution >= 0.6 is 0 Å². The van der Waals surface area contributed by atoms with Crippen LogP contribution in [0.2, 0.25) is 0 Å². The summed E-state index contributed by atoms with van der Waals surface area (Å²) in [5.41, 5.74) is 2.55. The Morgan fingerprint density at radius 2 is 1.90 bits per heavy atom. The van der Waals surface area contributed by atoms with Crippen LogP contribution < -0.4 is 10.2 Å². The molecular weight excluding hydrogens is 375 g/mol. The van der Waals surface area contributed by atoms with Gasteiger partial charge in [-0.2, -0.15) is 0 Å². The van der Waals surface area contributed by atoms with Crippen LogP contribution in [0.4, 0.5) is 10.1 Å². The van der Waals surface area contributed by atoms with Gasteiger partial charge in [-0.1, -0.05) is 38.1 Å². The predicted octanol–water partition coefficient (Wildman–Crippen LogP) is 3.13. The lowest BCUT2D eigenvalue weighted by atomic mass is 10.0. The van der Waals surface area contributed by atoms with E-state index in [0.717, 1.165) is 5.56 Å². The van der Waals surface area contributed by atoms with Crippen LogP contribution in [0.15, 0.2) is 42.5 Å². The summed E-state index contributed by atoms with van der Waals surface area (Å²) in [5, 5.41) is 11.7. The lowest BCUT2D eigenvalue weighted by Gasteiger charge is -2.25. The van der Waals surface area contributed by atoms with Crippen LogP contribution in [0.25, 0.3) is 11.1 Å². The van der Waals surface area contributed by atoms with E-state index < -0.39 is 6.10 Å².